The fourth-order valence-corrected chi connectivity index (χ4v) is 6.02. The number of methoxy groups -OCH3 is 2. The molecule has 3 aromatic carbocycles. The van der Waals surface area contributed by atoms with Crippen molar-refractivity contribution < 1.29 is 22.3 Å². The Bertz CT molecular complexity index is 1190. The molecule has 8 heteroatoms. The minimum absolute atomic E-state index is 0.205. The Labute approximate surface area is 200 Å². The lowest BCUT2D eigenvalue weighted by Crippen LogP contribution is -2.47. The van der Waals surface area contributed by atoms with Crippen LogP contribution in [0.4, 0.5) is 10.1 Å². The first kappa shape index (κ1) is 24.0. The van der Waals surface area contributed by atoms with Crippen molar-refractivity contribution in [3.8, 4) is 11.5 Å². The lowest BCUT2D eigenvalue weighted by atomic mass is 10.0. The molecule has 0 N–H and O–H groups in total. The van der Waals surface area contributed by atoms with Gasteiger partial charge in [0, 0.05) is 31.7 Å². The lowest BCUT2D eigenvalue weighted by molar-refractivity contribution is 0.206. The van der Waals surface area contributed by atoms with Crippen LogP contribution in [0.5, 0.6) is 11.5 Å². The zero-order valence-electron chi connectivity index (χ0n) is 19.4. The van der Waals surface area contributed by atoms with Gasteiger partial charge in [-0.15, -0.1) is 0 Å². The third kappa shape index (κ3) is 5.34. The van der Waals surface area contributed by atoms with Crippen molar-refractivity contribution in [2.45, 2.75) is 30.3 Å². The van der Waals surface area contributed by atoms with Crippen molar-refractivity contribution in [1.29, 1.82) is 0 Å². The third-order valence-corrected chi connectivity index (χ3v) is 8.03. The van der Waals surface area contributed by atoms with E-state index < -0.39 is 10.0 Å². The Morgan fingerprint density at radius 2 is 1.56 bits per heavy atom. The Morgan fingerprint density at radius 1 is 0.912 bits per heavy atom. The number of rotatable bonds is 8. The minimum atomic E-state index is -3.82. The molecule has 0 radical (unpaired) electrons. The molecule has 34 heavy (non-hydrogen) atoms. The molecule has 4 rings (SSSR count). The van der Waals surface area contributed by atoms with Crippen molar-refractivity contribution in [1.82, 2.24) is 4.90 Å². The molecular weight excluding hydrogens is 455 g/mol. The summed E-state index contributed by atoms with van der Waals surface area (Å²) in [7, 11) is -0.711. The van der Waals surface area contributed by atoms with E-state index in [2.05, 4.69) is 4.90 Å². The van der Waals surface area contributed by atoms with Crippen molar-refractivity contribution in [3.05, 3.63) is 84.2 Å². The predicted molar refractivity (Wildman–Crippen MR) is 130 cm³/mol. The number of hydrogen-bond acceptors (Lipinski definition) is 5. The highest BCUT2D eigenvalue weighted by Crippen LogP contribution is 2.33. The van der Waals surface area contributed by atoms with Crippen molar-refractivity contribution in [2.75, 3.05) is 31.6 Å². The number of sulfonamides is 1. The van der Waals surface area contributed by atoms with Crippen LogP contribution in [0.3, 0.4) is 0 Å². The van der Waals surface area contributed by atoms with Crippen molar-refractivity contribution in [2.24, 2.45) is 0 Å². The highest BCUT2D eigenvalue weighted by atomic mass is 32.2. The van der Waals surface area contributed by atoms with Crippen LogP contribution in [0, 0.1) is 5.82 Å². The summed E-state index contributed by atoms with van der Waals surface area (Å²) >= 11 is 0. The second kappa shape index (κ2) is 10.4. The summed E-state index contributed by atoms with van der Waals surface area (Å²) in [5.74, 6) is 0.947. The maximum Gasteiger partial charge on any atom is 0.264 e. The number of ether oxygens (including phenoxy) is 2. The van der Waals surface area contributed by atoms with Crippen molar-refractivity contribution >= 4 is 15.7 Å². The van der Waals surface area contributed by atoms with E-state index in [1.165, 1.54) is 16.4 Å². The average molecular weight is 485 g/mol. The van der Waals surface area contributed by atoms with Crippen LogP contribution in [0.1, 0.15) is 18.4 Å². The molecule has 3 aromatic rings. The van der Waals surface area contributed by atoms with Crippen LogP contribution in [0.2, 0.25) is 0 Å². The molecule has 6 nitrogen and oxygen atoms in total. The maximum absolute atomic E-state index is 13.8. The second-order valence-corrected chi connectivity index (χ2v) is 10.1. The van der Waals surface area contributed by atoms with Crippen LogP contribution in [0.15, 0.2) is 77.7 Å². The summed E-state index contributed by atoms with van der Waals surface area (Å²) in [5.41, 5.74) is 1.61. The van der Waals surface area contributed by atoms with Gasteiger partial charge in [-0.3, -0.25) is 9.21 Å². The number of likely N-dealkylation sites (tertiary alicyclic amines) is 1. The average Bonchev–Trinajstić information content (AvgIpc) is 2.86. The van der Waals surface area contributed by atoms with Gasteiger partial charge in [0.1, 0.15) is 17.3 Å². The molecule has 1 aliphatic heterocycles. The summed E-state index contributed by atoms with van der Waals surface area (Å²) in [6.45, 7) is 2.18. The second-order valence-electron chi connectivity index (χ2n) is 8.31. The van der Waals surface area contributed by atoms with Gasteiger partial charge in [0.2, 0.25) is 0 Å². The zero-order valence-corrected chi connectivity index (χ0v) is 20.2. The molecule has 0 bridgehead atoms. The molecule has 0 atom stereocenters. The normalized spacial score (nSPS) is 15.1. The van der Waals surface area contributed by atoms with E-state index in [1.54, 1.807) is 74.9 Å². The highest BCUT2D eigenvalue weighted by Gasteiger charge is 2.34. The molecule has 0 amide bonds. The largest absolute Gasteiger partial charge is 0.497 e. The topological polar surface area (TPSA) is 59.1 Å². The van der Waals surface area contributed by atoms with E-state index in [0.717, 1.165) is 18.7 Å². The Morgan fingerprint density at radius 3 is 2.18 bits per heavy atom. The van der Waals surface area contributed by atoms with Gasteiger partial charge in [-0.2, -0.15) is 0 Å². The smallest absolute Gasteiger partial charge is 0.264 e. The molecule has 1 aliphatic rings. The lowest BCUT2D eigenvalue weighted by Gasteiger charge is -2.39. The fourth-order valence-electron chi connectivity index (χ4n) is 4.31. The molecule has 1 saturated heterocycles. The number of benzene rings is 3. The van der Waals surface area contributed by atoms with Gasteiger partial charge in [-0.1, -0.05) is 18.2 Å². The van der Waals surface area contributed by atoms with Crippen LogP contribution in [0.25, 0.3) is 0 Å². The number of hydrogen-bond donors (Lipinski definition) is 0. The summed E-state index contributed by atoms with van der Waals surface area (Å²) in [5, 5.41) is 0. The Kier molecular flexibility index (Phi) is 7.38. The predicted octanol–water partition coefficient (Wildman–Crippen LogP) is 4.70. The fraction of sp³-hybridized carbons (Fsp3) is 0.308. The van der Waals surface area contributed by atoms with E-state index in [0.29, 0.717) is 36.6 Å². The molecule has 0 aliphatic carbocycles. The summed E-state index contributed by atoms with van der Waals surface area (Å²) in [6.07, 6.45) is 1.35. The monoisotopic (exact) mass is 484 g/mol. The van der Waals surface area contributed by atoms with Gasteiger partial charge >= 0.3 is 0 Å². The minimum Gasteiger partial charge on any atom is -0.497 e. The van der Waals surface area contributed by atoms with E-state index in [-0.39, 0.29) is 16.8 Å². The first-order valence-corrected chi connectivity index (χ1v) is 12.6. The van der Waals surface area contributed by atoms with E-state index in [9.17, 15) is 12.8 Å². The first-order valence-electron chi connectivity index (χ1n) is 11.2. The van der Waals surface area contributed by atoms with E-state index in [1.807, 2.05) is 0 Å². The molecule has 0 aromatic heterocycles. The molecule has 0 unspecified atom stereocenters. The molecule has 0 saturated carbocycles. The quantitative estimate of drug-likeness (QED) is 0.464. The molecule has 0 spiro atoms. The molecule has 1 fully saturated rings. The van der Waals surface area contributed by atoms with Crippen LogP contribution in [-0.2, 0) is 16.6 Å². The zero-order chi connectivity index (χ0) is 24.1. The summed E-state index contributed by atoms with van der Waals surface area (Å²) in [6, 6.07) is 19.9. The summed E-state index contributed by atoms with van der Waals surface area (Å²) < 4.78 is 53.0. The Balaban J connectivity index is 1.59. The number of anilines is 1. The van der Waals surface area contributed by atoms with Gasteiger partial charge in [-0.25, -0.2) is 12.8 Å². The first-order chi connectivity index (χ1) is 16.4. The maximum atomic E-state index is 13.8. The van der Waals surface area contributed by atoms with Gasteiger partial charge in [-0.05, 0) is 66.9 Å². The number of halogens is 1. The van der Waals surface area contributed by atoms with E-state index in [4.69, 9.17) is 9.47 Å². The van der Waals surface area contributed by atoms with Crippen molar-refractivity contribution in [3.63, 3.8) is 0 Å². The van der Waals surface area contributed by atoms with Gasteiger partial charge < -0.3 is 9.47 Å². The SMILES string of the molecule is COc1ccc(S(=O)(=O)N(c2cccc(OC)c2)C2CCN(Cc3ccc(F)cc3)CC2)cc1. The van der Waals surface area contributed by atoms with Gasteiger partial charge in [0.15, 0.2) is 0 Å². The number of nitrogens with zero attached hydrogens (tertiary/aromatic N) is 2. The molecule has 1 heterocycles. The van der Waals surface area contributed by atoms with E-state index >= 15 is 0 Å². The standard InChI is InChI=1S/C26H29FN2O4S/c1-32-24-10-12-26(13-11-24)34(30,31)29(23-4-3-5-25(18-23)33-2)22-14-16-28(17-15-22)19-20-6-8-21(27)9-7-20/h3-13,18,22H,14-17,19H2,1-2H3. The van der Waals surface area contributed by atoms with Crippen LogP contribution >= 0.6 is 0 Å². The van der Waals surface area contributed by atoms with Gasteiger partial charge in [0.05, 0.1) is 24.8 Å². The van der Waals surface area contributed by atoms with Crippen LogP contribution in [-0.4, -0.2) is 46.7 Å². The highest BCUT2D eigenvalue weighted by molar-refractivity contribution is 7.92. The van der Waals surface area contributed by atoms with Crippen LogP contribution < -0.4 is 13.8 Å². The summed E-state index contributed by atoms with van der Waals surface area (Å²) in [4.78, 5) is 2.48. The number of piperidine rings is 1. The third-order valence-electron chi connectivity index (χ3n) is 6.13. The Hall–Kier alpha value is -3.10. The van der Waals surface area contributed by atoms with Gasteiger partial charge in [0.25, 0.3) is 10.0 Å². The molecular formula is C26H29FN2O4S. The molecule has 180 valence electrons.